The lowest BCUT2D eigenvalue weighted by atomic mass is 9.87. The summed E-state index contributed by atoms with van der Waals surface area (Å²) in [4.78, 5) is 71.9. The van der Waals surface area contributed by atoms with Crippen LogP contribution in [0.2, 0.25) is 0 Å². The topological polar surface area (TPSA) is 310 Å². The number of carbonyl (C=O) groups is 2. The molecule has 0 unspecified atom stereocenters. The molecule has 2 aliphatic carbocycles. The SMILES string of the molecule is CC(C)N1CCC(n2cc(-c3cnc4cnn(Cc5cnc6ccccn56)c4c3)cn2)CC1.Cc1ccc(C(=O)N2CCC(n3cc(-c4cnc5cnn(Cc6cnc7ccccn67)c5c4)cn3)CC2)cc1.O=C(C1CCCCC1)N1CCC(n2cc(-c3cnc4cnn(Cc5cnc6ccccn56)c4c3)cn2)CC1.c1ccn2c(Cn3ncc4ncc(-c5cnn(C6CCN(C7CCCC7)CC6)c5)cc43)cnc2c1. The fourth-order valence-electron chi connectivity index (χ4n) is 22.4. The van der Waals surface area contributed by atoms with E-state index < -0.39 is 0 Å². The summed E-state index contributed by atoms with van der Waals surface area (Å²) in [5.41, 5.74) is 25.9. The fourth-order valence-corrected chi connectivity index (χ4v) is 22.4. The number of pyridine rings is 8. The molecule has 21 aromatic rings. The van der Waals surface area contributed by atoms with E-state index in [1.165, 1.54) is 70.9 Å². The molecular weight excluding hydrogens is 1810 g/mol. The Morgan fingerprint density at radius 2 is 0.621 bits per heavy atom. The Morgan fingerprint density at radius 3 is 0.959 bits per heavy atom. The number of amides is 2. The molecule has 0 N–H and O–H groups in total. The fraction of sp³-hybridized carbons (Fsp3) is 0.351. The van der Waals surface area contributed by atoms with Gasteiger partial charge in [-0.25, -0.2) is 19.9 Å². The first kappa shape index (κ1) is 91.6. The van der Waals surface area contributed by atoms with Crippen molar-refractivity contribution < 1.29 is 9.59 Å². The third-order valence-electron chi connectivity index (χ3n) is 30.8. The molecule has 0 atom stereocenters. The first-order valence-electron chi connectivity index (χ1n) is 51.5. The Morgan fingerprint density at radius 1 is 0.303 bits per heavy atom. The predicted molar refractivity (Wildman–Crippen MR) is 556 cm³/mol. The molecule has 734 valence electrons. The molecule has 4 aliphatic heterocycles. The van der Waals surface area contributed by atoms with E-state index in [4.69, 9.17) is 25.4 Å². The van der Waals surface area contributed by atoms with Gasteiger partial charge in [0.15, 0.2) is 0 Å². The number of aryl methyl sites for hydroxylation is 1. The van der Waals surface area contributed by atoms with E-state index >= 15 is 0 Å². The van der Waals surface area contributed by atoms with E-state index in [1.807, 2.05) is 250 Å². The van der Waals surface area contributed by atoms with Gasteiger partial charge in [-0.05, 0) is 183 Å². The number of fused-ring (bicyclic) bond motifs is 8. The standard InChI is InChI=1S/C30H28N8O.C29H32N8O.C27H30N8.C25H28N8/c1-21-5-7-22(8-6-21)30(39)35-12-9-25(10-13-35)37-19-24(16-33-37)23-14-28-27(31-15-23)18-34-38(28)20-26-17-32-29-4-2-3-11-36(26)29;38-29(21-6-2-1-3-7-21)34-12-9-24(10-13-34)36-19-23(16-32-36)22-14-27-26(30-15-22)18-33-37(27)20-25-17-31-28-8-4-5-11-35(25)28;1-2-6-22(5-1)32-11-8-23(9-12-32)34-18-21(15-30-34)20-13-26-25(28-14-20)17-31-35(26)19-24-16-29-27-7-3-4-10-33(24)27;1-18(2)30-9-6-21(7-10-30)32-16-20(13-28-32)19-11-24-23(26-12-19)15-29-33(24)17-22-14-27-25-5-3-4-8-31(22)25/h2-8,11,14-19,25H,9-10,12-13,20H2,1H3;4-5,8,11,14-19,21,24H,1-3,6-7,9-10,12-13,20H2;3-4,7,10,13-18,22-23H,1-2,5-6,8-9,11-12,19H2;3-5,8,11-16,18,21H,6-7,9-10,17H2,1-2H3. The van der Waals surface area contributed by atoms with Crippen LogP contribution in [-0.4, -0.2) is 232 Å². The summed E-state index contributed by atoms with van der Waals surface area (Å²) in [6.07, 6.45) is 66.7. The first-order chi connectivity index (χ1) is 71.3. The average molecular weight is 1930 g/mol. The van der Waals surface area contributed by atoms with Crippen LogP contribution in [0.1, 0.15) is 186 Å². The Hall–Kier alpha value is -15.8. The maximum absolute atomic E-state index is 12.9. The molecule has 24 heterocycles. The largest absolute Gasteiger partial charge is 0.342 e. The van der Waals surface area contributed by atoms with Gasteiger partial charge in [0.05, 0.1) is 170 Å². The lowest BCUT2D eigenvalue weighted by Gasteiger charge is -2.36. The van der Waals surface area contributed by atoms with Crippen LogP contribution in [0.3, 0.4) is 0 Å². The number of nitrogens with zero attached hydrogens (tertiary/aromatic N) is 32. The summed E-state index contributed by atoms with van der Waals surface area (Å²) < 4.78 is 24.8. The number of imidazole rings is 4. The van der Waals surface area contributed by atoms with E-state index in [0.29, 0.717) is 56.3 Å². The van der Waals surface area contributed by atoms with Crippen LogP contribution in [0, 0.1) is 12.8 Å². The second kappa shape index (κ2) is 40.5. The van der Waals surface area contributed by atoms with Gasteiger partial charge < -0.3 is 37.2 Å². The van der Waals surface area contributed by atoms with Crippen molar-refractivity contribution in [3.8, 4) is 44.5 Å². The highest BCUT2D eigenvalue weighted by atomic mass is 16.2. The second-order valence-corrected chi connectivity index (χ2v) is 40.1. The van der Waals surface area contributed by atoms with E-state index in [9.17, 15) is 9.59 Å². The summed E-state index contributed by atoms with van der Waals surface area (Å²) in [5.74, 6) is 0.735. The van der Waals surface area contributed by atoms with Crippen molar-refractivity contribution in [2.24, 2.45) is 5.92 Å². The van der Waals surface area contributed by atoms with Crippen molar-refractivity contribution in [1.82, 2.24) is 155 Å². The number of hydrogen-bond donors (Lipinski definition) is 0. The van der Waals surface area contributed by atoms with Gasteiger partial charge in [0.2, 0.25) is 5.91 Å². The molecule has 34 nitrogen and oxygen atoms in total. The van der Waals surface area contributed by atoms with Gasteiger partial charge in [-0.1, -0.05) is 74.1 Å². The van der Waals surface area contributed by atoms with Crippen molar-refractivity contribution in [3.05, 3.63) is 304 Å². The normalized spacial score (nSPS) is 16.5. The number of aromatic nitrogens is 28. The maximum atomic E-state index is 12.9. The van der Waals surface area contributed by atoms with Gasteiger partial charge in [-0.3, -0.25) is 67.0 Å². The molecule has 2 saturated carbocycles. The number of carbonyl (C=O) groups excluding carboxylic acids is 2. The van der Waals surface area contributed by atoms with Crippen molar-refractivity contribution in [2.75, 3.05) is 52.4 Å². The van der Waals surface area contributed by atoms with Crippen LogP contribution in [0.5, 0.6) is 0 Å². The van der Waals surface area contributed by atoms with Gasteiger partial charge in [0.25, 0.3) is 5.91 Å². The highest BCUT2D eigenvalue weighted by Crippen LogP contribution is 2.37. The molecule has 6 fully saturated rings. The van der Waals surface area contributed by atoms with Crippen molar-refractivity contribution >= 4 is 78.5 Å². The van der Waals surface area contributed by atoms with Gasteiger partial charge in [-0.2, -0.15) is 40.8 Å². The third kappa shape index (κ3) is 19.3. The van der Waals surface area contributed by atoms with Crippen LogP contribution in [0.15, 0.2) is 270 Å². The highest BCUT2D eigenvalue weighted by molar-refractivity contribution is 5.94. The second-order valence-electron chi connectivity index (χ2n) is 40.1. The van der Waals surface area contributed by atoms with Crippen molar-refractivity contribution in [3.63, 3.8) is 0 Å². The lowest BCUT2D eigenvalue weighted by Crippen LogP contribution is -2.42. The van der Waals surface area contributed by atoms with E-state index in [0.717, 1.165) is 242 Å². The predicted octanol–water partition coefficient (Wildman–Crippen LogP) is 18.1. The molecule has 27 rings (SSSR count). The molecular formula is C111H118N32O2. The quantitative estimate of drug-likeness (QED) is 0.0684. The molecule has 1 aromatic carbocycles. The van der Waals surface area contributed by atoms with E-state index in [-0.39, 0.29) is 17.9 Å². The minimum atomic E-state index is 0.106. The average Bonchev–Trinajstić information content (AvgIpc) is 1.65. The lowest BCUT2D eigenvalue weighted by molar-refractivity contribution is -0.137. The number of likely N-dealkylation sites (tertiary alicyclic amines) is 4. The van der Waals surface area contributed by atoms with Crippen LogP contribution >= 0.6 is 0 Å². The zero-order valence-electron chi connectivity index (χ0n) is 82.1. The number of piperidine rings is 4. The van der Waals surface area contributed by atoms with Crippen LogP contribution in [-0.2, 0) is 31.0 Å². The summed E-state index contributed by atoms with van der Waals surface area (Å²) in [6.45, 7) is 16.8. The van der Waals surface area contributed by atoms with Crippen LogP contribution in [0.4, 0.5) is 0 Å². The van der Waals surface area contributed by atoms with Gasteiger partial charge in [-0.15, -0.1) is 0 Å². The number of rotatable bonds is 20. The molecule has 0 bridgehead atoms. The molecule has 0 radical (unpaired) electrons. The highest BCUT2D eigenvalue weighted by Gasteiger charge is 2.34. The van der Waals surface area contributed by atoms with Gasteiger partial charge >= 0.3 is 0 Å². The molecule has 145 heavy (non-hydrogen) atoms. The molecule has 4 saturated heterocycles. The zero-order chi connectivity index (χ0) is 97.4. The number of benzene rings is 1. The Labute approximate surface area is 837 Å². The monoisotopic (exact) mass is 1930 g/mol. The minimum Gasteiger partial charge on any atom is -0.342 e. The first-order valence-corrected chi connectivity index (χ1v) is 51.5. The van der Waals surface area contributed by atoms with Crippen LogP contribution < -0.4 is 0 Å². The molecule has 0 spiro atoms. The maximum Gasteiger partial charge on any atom is 0.253 e. The van der Waals surface area contributed by atoms with E-state index in [2.05, 4.69) is 165 Å². The van der Waals surface area contributed by atoms with Gasteiger partial charge in [0.1, 0.15) is 44.7 Å². The van der Waals surface area contributed by atoms with Crippen molar-refractivity contribution in [1.29, 1.82) is 0 Å². The third-order valence-corrected chi connectivity index (χ3v) is 30.8. The van der Waals surface area contributed by atoms with Gasteiger partial charge in [0, 0.05) is 195 Å². The molecule has 6 aliphatic rings. The zero-order valence-corrected chi connectivity index (χ0v) is 82.1. The number of hydrogen-bond acceptors (Lipinski definition) is 20. The molecule has 20 aromatic heterocycles. The minimum absolute atomic E-state index is 0.106. The van der Waals surface area contributed by atoms with Crippen LogP contribution in [0.25, 0.3) is 111 Å². The Kier molecular flexibility index (Phi) is 25.6. The summed E-state index contributed by atoms with van der Waals surface area (Å²) in [5, 5.41) is 37.3. The summed E-state index contributed by atoms with van der Waals surface area (Å²) in [7, 11) is 0. The van der Waals surface area contributed by atoms with Crippen molar-refractivity contribution in [2.45, 2.75) is 192 Å². The summed E-state index contributed by atoms with van der Waals surface area (Å²) >= 11 is 0. The summed E-state index contributed by atoms with van der Waals surface area (Å²) in [6, 6.07) is 43.5. The Balaban J connectivity index is 0.000000104. The smallest absolute Gasteiger partial charge is 0.253 e. The van der Waals surface area contributed by atoms with E-state index in [1.54, 1.807) is 6.20 Å². The molecule has 2 amide bonds. The Bertz CT molecular complexity index is 8120. The molecule has 34 heteroatoms.